The third-order valence-electron chi connectivity index (χ3n) is 5.11. The molecule has 4 nitrogen and oxygen atoms in total. The van der Waals surface area contributed by atoms with Crippen LogP contribution in [0.3, 0.4) is 0 Å². The number of rotatable bonds is 6. The monoisotopic (exact) mass is 290 g/mol. The molecule has 2 heterocycles. The summed E-state index contributed by atoms with van der Waals surface area (Å²) >= 11 is 0. The predicted molar refractivity (Wildman–Crippen MR) is 86.3 cm³/mol. The van der Waals surface area contributed by atoms with Gasteiger partial charge in [0.25, 0.3) is 0 Å². The van der Waals surface area contributed by atoms with Crippen LogP contribution in [0.25, 0.3) is 0 Å². The van der Waals surface area contributed by atoms with Crippen LogP contribution in [0.1, 0.15) is 63.6 Å². The molecule has 2 fully saturated rings. The first-order valence-corrected chi connectivity index (χ1v) is 8.85. The summed E-state index contributed by atoms with van der Waals surface area (Å²) in [5.74, 6) is 0. The van der Waals surface area contributed by atoms with E-state index in [0.717, 1.165) is 19.6 Å². The Morgan fingerprint density at radius 3 is 2.86 bits per heavy atom. The number of aromatic nitrogens is 2. The van der Waals surface area contributed by atoms with Crippen molar-refractivity contribution >= 4 is 0 Å². The second kappa shape index (κ2) is 7.41. The quantitative estimate of drug-likeness (QED) is 0.874. The fraction of sp³-hybridized carbons (Fsp3) is 0.824. The molecule has 1 N–H and O–H groups in total. The Morgan fingerprint density at radius 1 is 1.19 bits per heavy atom. The van der Waals surface area contributed by atoms with Gasteiger partial charge in [0.2, 0.25) is 0 Å². The molecule has 3 rings (SSSR count). The lowest BCUT2D eigenvalue weighted by Crippen LogP contribution is -2.37. The molecule has 2 aliphatic rings. The van der Waals surface area contributed by atoms with Crippen LogP contribution in [0.4, 0.5) is 0 Å². The van der Waals surface area contributed by atoms with E-state index in [-0.39, 0.29) is 0 Å². The van der Waals surface area contributed by atoms with Crippen LogP contribution in [0, 0.1) is 0 Å². The topological polar surface area (TPSA) is 33.1 Å². The minimum absolute atomic E-state index is 0.656. The van der Waals surface area contributed by atoms with Crippen LogP contribution in [0.5, 0.6) is 0 Å². The second-order valence-corrected chi connectivity index (χ2v) is 6.65. The summed E-state index contributed by atoms with van der Waals surface area (Å²) in [6.07, 6.45) is 11.6. The molecule has 4 heteroatoms. The lowest BCUT2D eigenvalue weighted by Gasteiger charge is -2.24. The van der Waals surface area contributed by atoms with E-state index in [2.05, 4.69) is 34.1 Å². The summed E-state index contributed by atoms with van der Waals surface area (Å²) in [6.45, 7) is 6.63. The third kappa shape index (κ3) is 3.86. The highest BCUT2D eigenvalue weighted by Gasteiger charge is 2.25. The highest BCUT2D eigenvalue weighted by Crippen LogP contribution is 2.27. The maximum absolute atomic E-state index is 4.87. The van der Waals surface area contributed by atoms with Crippen molar-refractivity contribution < 1.29 is 0 Å². The number of nitrogens with zero attached hydrogens (tertiary/aromatic N) is 3. The average Bonchev–Trinajstić information content (AvgIpc) is 3.16. The molecule has 1 aliphatic heterocycles. The van der Waals surface area contributed by atoms with Crippen LogP contribution in [-0.4, -0.2) is 40.4 Å². The van der Waals surface area contributed by atoms with Gasteiger partial charge in [0.1, 0.15) is 0 Å². The first-order chi connectivity index (χ1) is 10.4. The maximum Gasteiger partial charge on any atom is 0.0765 e. The molecular formula is C17H30N4. The number of nitrogens with one attached hydrogen (secondary N) is 1. The minimum Gasteiger partial charge on any atom is -0.315 e. The van der Waals surface area contributed by atoms with Crippen molar-refractivity contribution in [3.8, 4) is 0 Å². The molecule has 0 bridgehead atoms. The highest BCUT2D eigenvalue weighted by atomic mass is 15.3. The van der Waals surface area contributed by atoms with Gasteiger partial charge in [-0.3, -0.25) is 9.58 Å². The lowest BCUT2D eigenvalue weighted by molar-refractivity contribution is 0.235. The second-order valence-electron chi connectivity index (χ2n) is 6.65. The van der Waals surface area contributed by atoms with Crippen LogP contribution >= 0.6 is 0 Å². The molecule has 1 aromatic heterocycles. The molecule has 118 valence electrons. The van der Waals surface area contributed by atoms with E-state index >= 15 is 0 Å². The molecular weight excluding hydrogens is 260 g/mol. The van der Waals surface area contributed by atoms with Crippen molar-refractivity contribution in [1.29, 1.82) is 0 Å². The van der Waals surface area contributed by atoms with Gasteiger partial charge >= 0.3 is 0 Å². The summed E-state index contributed by atoms with van der Waals surface area (Å²) < 4.78 is 2.24. The molecule has 21 heavy (non-hydrogen) atoms. The van der Waals surface area contributed by atoms with Gasteiger partial charge in [-0.2, -0.15) is 5.10 Å². The predicted octanol–water partition coefficient (Wildman–Crippen LogP) is 2.96. The van der Waals surface area contributed by atoms with Gasteiger partial charge in [-0.15, -0.1) is 0 Å². The van der Waals surface area contributed by atoms with E-state index in [1.165, 1.54) is 57.2 Å². The summed E-state index contributed by atoms with van der Waals surface area (Å²) in [5.41, 5.74) is 1.25. The van der Waals surface area contributed by atoms with E-state index in [1.807, 2.05) is 0 Å². The van der Waals surface area contributed by atoms with Crippen molar-refractivity contribution in [3.05, 3.63) is 18.0 Å². The summed E-state index contributed by atoms with van der Waals surface area (Å²) in [4.78, 5) is 2.61. The van der Waals surface area contributed by atoms with Gasteiger partial charge in [-0.05, 0) is 44.8 Å². The van der Waals surface area contributed by atoms with E-state index in [4.69, 9.17) is 5.10 Å². The van der Waals surface area contributed by atoms with Crippen LogP contribution in [0.15, 0.2) is 12.3 Å². The van der Waals surface area contributed by atoms with Gasteiger partial charge in [0.05, 0.1) is 11.7 Å². The molecule has 1 atom stereocenters. The van der Waals surface area contributed by atoms with E-state index < -0.39 is 0 Å². The molecule has 0 radical (unpaired) electrons. The summed E-state index contributed by atoms with van der Waals surface area (Å²) in [5, 5.41) is 8.36. The molecule has 0 aromatic carbocycles. The van der Waals surface area contributed by atoms with Crippen LogP contribution < -0.4 is 5.32 Å². The normalized spacial score (nSPS) is 24.7. The number of hydrogen-bond donors (Lipinski definition) is 1. The molecule has 1 unspecified atom stereocenters. The van der Waals surface area contributed by atoms with Crippen molar-refractivity contribution in [1.82, 2.24) is 20.0 Å². The van der Waals surface area contributed by atoms with E-state index in [9.17, 15) is 0 Å². The Labute approximate surface area is 128 Å². The smallest absolute Gasteiger partial charge is 0.0765 e. The fourth-order valence-corrected chi connectivity index (χ4v) is 3.86. The van der Waals surface area contributed by atoms with Gasteiger partial charge in [-0.1, -0.05) is 26.2 Å². The summed E-state index contributed by atoms with van der Waals surface area (Å²) in [7, 11) is 0. The zero-order chi connectivity index (χ0) is 14.5. The maximum atomic E-state index is 4.87. The number of likely N-dealkylation sites (tertiary alicyclic amines) is 1. The van der Waals surface area contributed by atoms with Crippen molar-refractivity contribution in [3.63, 3.8) is 0 Å². The van der Waals surface area contributed by atoms with Crippen molar-refractivity contribution in [2.75, 3.05) is 19.6 Å². The van der Waals surface area contributed by atoms with Gasteiger partial charge < -0.3 is 5.32 Å². The average molecular weight is 290 g/mol. The van der Waals surface area contributed by atoms with Gasteiger partial charge in [-0.25, -0.2) is 0 Å². The van der Waals surface area contributed by atoms with Crippen LogP contribution in [0.2, 0.25) is 0 Å². The Morgan fingerprint density at radius 2 is 2.05 bits per heavy atom. The molecule has 0 amide bonds. The van der Waals surface area contributed by atoms with E-state index in [1.54, 1.807) is 0 Å². The summed E-state index contributed by atoms with van der Waals surface area (Å²) in [6, 6.07) is 3.59. The Balaban J connectivity index is 1.56. The SMILES string of the molecule is CCNCC1CCCN1Cc1ccn(C2CCCCC2)n1. The minimum atomic E-state index is 0.656. The largest absolute Gasteiger partial charge is 0.315 e. The van der Waals surface area contributed by atoms with E-state index in [0.29, 0.717) is 12.1 Å². The zero-order valence-corrected chi connectivity index (χ0v) is 13.4. The Kier molecular flexibility index (Phi) is 5.31. The fourth-order valence-electron chi connectivity index (χ4n) is 3.86. The lowest BCUT2D eigenvalue weighted by atomic mass is 9.96. The molecule has 1 saturated carbocycles. The first kappa shape index (κ1) is 15.0. The molecule has 1 aliphatic carbocycles. The third-order valence-corrected chi connectivity index (χ3v) is 5.11. The first-order valence-electron chi connectivity index (χ1n) is 8.85. The highest BCUT2D eigenvalue weighted by molar-refractivity contribution is 5.01. The van der Waals surface area contributed by atoms with Gasteiger partial charge in [0, 0.05) is 25.3 Å². The Hall–Kier alpha value is -0.870. The zero-order valence-electron chi connectivity index (χ0n) is 13.4. The molecule has 1 aromatic rings. The van der Waals surface area contributed by atoms with Crippen molar-refractivity contribution in [2.24, 2.45) is 0 Å². The Bertz CT molecular complexity index is 422. The van der Waals surface area contributed by atoms with Gasteiger partial charge in [0.15, 0.2) is 0 Å². The molecule has 1 saturated heterocycles. The number of likely N-dealkylation sites (N-methyl/N-ethyl adjacent to an activating group) is 1. The van der Waals surface area contributed by atoms with Crippen molar-refractivity contribution in [2.45, 2.75) is 70.5 Å². The molecule has 0 spiro atoms. The number of hydrogen-bond acceptors (Lipinski definition) is 3. The van der Waals surface area contributed by atoms with Crippen LogP contribution in [-0.2, 0) is 6.54 Å². The standard InChI is InChI=1S/C17H30N4/c1-2-18-13-17-9-6-11-20(17)14-15-10-12-21(19-15)16-7-4-3-5-8-16/h10,12,16-18H,2-9,11,13-14H2,1H3.